The number of carbonyl (C=O) groups is 2. The smallest absolute Gasteiger partial charge is 0.316 e. The van der Waals surface area contributed by atoms with Crippen molar-refractivity contribution in [1.29, 1.82) is 0 Å². The molecule has 352 valence electrons. The Bertz CT molecular complexity index is 2850. The maximum Gasteiger partial charge on any atom is 0.316 e. The van der Waals surface area contributed by atoms with Crippen LogP contribution in [0.4, 0.5) is 0 Å². The predicted octanol–water partition coefficient (Wildman–Crippen LogP) is 11.1. The van der Waals surface area contributed by atoms with Crippen molar-refractivity contribution in [3.8, 4) is 39.9 Å². The SMILES string of the molecule is CNCc1cccc(-c2cc(O)cc3ccc(C4(C(=O)O[C@H]5C[C@H](c6ccc(O)c(OC)c6)C[C@]6(/C=C/c7ccccc7)Cc7cc(O)c(OC)cc7C[C@@H]6[C@H](OC(C)=O)C5)CCCC4)cc23)c1. The van der Waals surface area contributed by atoms with Gasteiger partial charge in [-0.1, -0.05) is 91.7 Å². The Labute approximate surface area is 398 Å². The quantitative estimate of drug-likeness (QED) is 0.0876. The zero-order chi connectivity index (χ0) is 47.6. The van der Waals surface area contributed by atoms with Gasteiger partial charge < -0.3 is 39.6 Å². The van der Waals surface area contributed by atoms with E-state index in [2.05, 4.69) is 47.8 Å². The third-order valence-corrected chi connectivity index (χ3v) is 14.9. The van der Waals surface area contributed by atoms with Crippen molar-refractivity contribution in [3.05, 3.63) is 155 Å². The molecule has 0 saturated heterocycles. The first-order valence-electron chi connectivity index (χ1n) is 23.8. The van der Waals surface area contributed by atoms with E-state index in [9.17, 15) is 20.1 Å². The molecule has 10 heteroatoms. The minimum atomic E-state index is -0.932. The fourth-order valence-electron chi connectivity index (χ4n) is 11.7. The summed E-state index contributed by atoms with van der Waals surface area (Å²) in [5.41, 5.74) is 6.19. The number of nitrogens with one attached hydrogen (secondary N) is 1. The van der Waals surface area contributed by atoms with E-state index in [-0.39, 0.29) is 41.5 Å². The molecule has 6 aromatic rings. The van der Waals surface area contributed by atoms with Crippen molar-refractivity contribution in [2.45, 2.75) is 94.8 Å². The summed E-state index contributed by atoms with van der Waals surface area (Å²) >= 11 is 0. The highest BCUT2D eigenvalue weighted by Crippen LogP contribution is 2.55. The molecule has 5 atom stereocenters. The van der Waals surface area contributed by atoms with Crippen LogP contribution in [-0.4, -0.2) is 60.7 Å². The predicted molar refractivity (Wildman–Crippen MR) is 264 cm³/mol. The molecule has 2 saturated carbocycles. The number of esters is 2. The Morgan fingerprint density at radius 3 is 2.31 bits per heavy atom. The van der Waals surface area contributed by atoms with Crippen LogP contribution < -0.4 is 14.8 Å². The van der Waals surface area contributed by atoms with E-state index in [0.717, 1.165) is 68.1 Å². The first-order valence-corrected chi connectivity index (χ1v) is 23.8. The van der Waals surface area contributed by atoms with Gasteiger partial charge in [0.25, 0.3) is 0 Å². The zero-order valence-electron chi connectivity index (χ0n) is 39.3. The van der Waals surface area contributed by atoms with Crippen LogP contribution in [0.3, 0.4) is 0 Å². The van der Waals surface area contributed by atoms with E-state index >= 15 is 4.79 Å². The Balaban J connectivity index is 1.15. The molecule has 0 aliphatic heterocycles. The van der Waals surface area contributed by atoms with Crippen LogP contribution >= 0.6 is 0 Å². The molecular formula is C58H61NO9. The van der Waals surface area contributed by atoms with Crippen molar-refractivity contribution < 1.29 is 43.9 Å². The summed E-state index contributed by atoms with van der Waals surface area (Å²) in [7, 11) is 4.98. The summed E-state index contributed by atoms with van der Waals surface area (Å²) in [5.74, 6) is -0.258. The number of ether oxygens (including phenoxy) is 4. The molecule has 9 rings (SSSR count). The minimum Gasteiger partial charge on any atom is -0.508 e. The molecule has 0 unspecified atom stereocenters. The van der Waals surface area contributed by atoms with E-state index in [1.54, 1.807) is 24.3 Å². The summed E-state index contributed by atoms with van der Waals surface area (Å²) in [6.07, 6.45) is 8.30. The third kappa shape index (κ3) is 9.26. The van der Waals surface area contributed by atoms with Crippen LogP contribution in [0.25, 0.3) is 28.0 Å². The standard InChI is InChI=1S/C58H61NO9/c1-36(60)67-53-32-47(68-56(64)58(20-8-9-21-58)45-17-15-41-24-46(61)31-49(48(41)30-45)40-14-10-13-38(23-40)35-59-2)25-43(39-16-18-51(62)54(28-39)65-3)33-57(22-19-37-11-6-5-7-12-37)34-44-27-52(63)55(66-4)29-42(44)26-50(53)57/h5-7,10-19,22-24,27-31,43,47,50,53,59,61-63H,8-9,20-21,25-26,32-35H2,1-4H3/b22-19+/t43-,47-,50+,53+,57+/m0/s1. The highest BCUT2D eigenvalue weighted by Gasteiger charge is 2.52. The molecule has 6 aromatic carbocycles. The molecule has 4 N–H and O–H groups in total. The molecule has 3 aliphatic carbocycles. The first-order chi connectivity index (χ1) is 32.9. The van der Waals surface area contributed by atoms with Gasteiger partial charge in [-0.25, -0.2) is 0 Å². The first kappa shape index (κ1) is 46.3. The van der Waals surface area contributed by atoms with E-state index in [1.807, 2.05) is 67.7 Å². The summed E-state index contributed by atoms with van der Waals surface area (Å²) in [6.45, 7) is 2.13. The van der Waals surface area contributed by atoms with Gasteiger partial charge in [-0.05, 0) is 161 Å². The average Bonchev–Trinajstić information content (AvgIpc) is 3.84. The number of hydrogen-bond donors (Lipinski definition) is 4. The lowest BCUT2D eigenvalue weighted by atomic mass is 9.56. The Kier molecular flexibility index (Phi) is 13.2. The van der Waals surface area contributed by atoms with Crippen LogP contribution in [0.1, 0.15) is 91.2 Å². The fourth-order valence-corrected chi connectivity index (χ4v) is 11.7. The van der Waals surface area contributed by atoms with Crippen molar-refractivity contribution in [3.63, 3.8) is 0 Å². The molecule has 0 radical (unpaired) electrons. The lowest BCUT2D eigenvalue weighted by Gasteiger charge is -2.50. The summed E-state index contributed by atoms with van der Waals surface area (Å²) < 4.78 is 24.6. The number of benzene rings is 6. The minimum absolute atomic E-state index is 0.0233. The van der Waals surface area contributed by atoms with Crippen LogP contribution in [0.2, 0.25) is 0 Å². The number of methoxy groups -OCH3 is 2. The number of allylic oxidation sites excluding steroid dienone is 1. The third-order valence-electron chi connectivity index (χ3n) is 14.9. The number of phenols is 3. The number of carbonyl (C=O) groups excluding carboxylic acids is 2. The van der Waals surface area contributed by atoms with E-state index in [0.29, 0.717) is 56.6 Å². The molecule has 0 bridgehead atoms. The van der Waals surface area contributed by atoms with Gasteiger partial charge in [0.1, 0.15) is 18.0 Å². The van der Waals surface area contributed by atoms with Crippen LogP contribution in [-0.2, 0) is 43.9 Å². The van der Waals surface area contributed by atoms with Crippen molar-refractivity contribution in [1.82, 2.24) is 5.32 Å². The summed E-state index contributed by atoms with van der Waals surface area (Å²) in [6, 6.07) is 37.2. The number of fused-ring (bicyclic) bond motifs is 3. The Morgan fingerprint density at radius 1 is 0.779 bits per heavy atom. The molecule has 0 amide bonds. The molecule has 68 heavy (non-hydrogen) atoms. The van der Waals surface area contributed by atoms with Crippen LogP contribution in [0.5, 0.6) is 28.7 Å². The van der Waals surface area contributed by atoms with Gasteiger partial charge in [0.2, 0.25) is 0 Å². The molecule has 2 fully saturated rings. The van der Waals surface area contributed by atoms with Gasteiger partial charge >= 0.3 is 11.9 Å². The number of aromatic hydroxyl groups is 3. The average molecular weight is 916 g/mol. The summed E-state index contributed by atoms with van der Waals surface area (Å²) in [4.78, 5) is 28.7. The highest BCUT2D eigenvalue weighted by atomic mass is 16.6. The van der Waals surface area contributed by atoms with E-state index in [1.165, 1.54) is 21.1 Å². The number of phenolic OH excluding ortho intramolecular Hbond substituents is 3. The van der Waals surface area contributed by atoms with E-state index < -0.39 is 29.0 Å². The fraction of sp³-hybridized carbons (Fsp3) is 0.345. The van der Waals surface area contributed by atoms with Gasteiger partial charge in [0.15, 0.2) is 23.0 Å². The molecule has 0 spiro atoms. The van der Waals surface area contributed by atoms with Crippen molar-refractivity contribution >= 4 is 28.8 Å². The van der Waals surface area contributed by atoms with E-state index in [4.69, 9.17) is 18.9 Å². The molecule has 0 aromatic heterocycles. The monoisotopic (exact) mass is 915 g/mol. The second-order valence-corrected chi connectivity index (χ2v) is 19.2. The maximum absolute atomic E-state index is 15.4. The maximum atomic E-state index is 15.4. The zero-order valence-corrected chi connectivity index (χ0v) is 39.3. The number of rotatable bonds is 12. The second-order valence-electron chi connectivity index (χ2n) is 19.2. The molecular weight excluding hydrogens is 855 g/mol. The van der Waals surface area contributed by atoms with Crippen molar-refractivity contribution in [2.75, 3.05) is 21.3 Å². The highest BCUT2D eigenvalue weighted by molar-refractivity contribution is 5.99. The Hall–Kier alpha value is -6.78. The number of hydrogen-bond acceptors (Lipinski definition) is 10. The van der Waals surface area contributed by atoms with Crippen LogP contribution in [0, 0.1) is 11.3 Å². The summed E-state index contributed by atoms with van der Waals surface area (Å²) in [5, 5.41) is 37.8. The van der Waals surface area contributed by atoms with Gasteiger partial charge in [-0.3, -0.25) is 9.59 Å². The van der Waals surface area contributed by atoms with Gasteiger partial charge in [0, 0.05) is 25.8 Å². The lowest BCUT2D eigenvalue weighted by molar-refractivity contribution is -0.165. The lowest BCUT2D eigenvalue weighted by Crippen LogP contribution is -2.49. The van der Waals surface area contributed by atoms with Crippen molar-refractivity contribution in [2.24, 2.45) is 11.3 Å². The van der Waals surface area contributed by atoms with Gasteiger partial charge in [0.05, 0.1) is 19.6 Å². The van der Waals surface area contributed by atoms with Gasteiger partial charge in [-0.15, -0.1) is 0 Å². The molecule has 10 nitrogen and oxygen atoms in total. The second kappa shape index (κ2) is 19.4. The van der Waals surface area contributed by atoms with Gasteiger partial charge in [-0.2, -0.15) is 0 Å². The topological polar surface area (TPSA) is 144 Å². The normalized spacial score (nSPS) is 22.1. The molecule has 0 heterocycles. The largest absolute Gasteiger partial charge is 0.508 e. The Morgan fingerprint density at radius 2 is 1.56 bits per heavy atom. The molecule has 3 aliphatic rings. The van der Waals surface area contributed by atoms with Crippen LogP contribution in [0.15, 0.2) is 121 Å².